The molecule has 0 aliphatic heterocycles. The van der Waals surface area contributed by atoms with E-state index < -0.39 is 17.3 Å². The molecule has 3 N–H and O–H groups in total. The van der Waals surface area contributed by atoms with E-state index in [4.69, 9.17) is 15.2 Å². The molecule has 20 heavy (non-hydrogen) atoms. The quantitative estimate of drug-likeness (QED) is 0.889. The van der Waals surface area contributed by atoms with E-state index in [9.17, 15) is 4.79 Å². The highest BCUT2D eigenvalue weighted by Crippen LogP contribution is 2.30. The monoisotopic (exact) mass is 280 g/mol. The number of amides is 1. The van der Waals surface area contributed by atoms with Gasteiger partial charge in [-0.25, -0.2) is 4.79 Å². The van der Waals surface area contributed by atoms with E-state index in [1.807, 2.05) is 45.9 Å². The Kier molecular flexibility index (Phi) is 5.14. The minimum atomic E-state index is -0.661. The largest absolute Gasteiger partial charge is 0.444 e. The highest BCUT2D eigenvalue weighted by atomic mass is 16.6. The zero-order valence-corrected chi connectivity index (χ0v) is 12.8. The highest BCUT2D eigenvalue weighted by molar-refractivity contribution is 5.86. The summed E-state index contributed by atoms with van der Waals surface area (Å²) in [4.78, 5) is 11.9. The van der Waals surface area contributed by atoms with Crippen LogP contribution in [0.5, 0.6) is 0 Å². The summed E-state index contributed by atoms with van der Waals surface area (Å²) in [5.41, 5.74) is 6.03. The molecular formula is C15H24N2O3. The van der Waals surface area contributed by atoms with Gasteiger partial charge in [-0.1, -0.05) is 18.2 Å². The van der Waals surface area contributed by atoms with Crippen molar-refractivity contribution in [3.05, 3.63) is 29.8 Å². The third-order valence-corrected chi connectivity index (χ3v) is 2.97. The molecule has 0 saturated carbocycles. The predicted molar refractivity (Wildman–Crippen MR) is 79.7 cm³/mol. The fourth-order valence-corrected chi connectivity index (χ4v) is 1.77. The van der Waals surface area contributed by atoms with E-state index in [0.29, 0.717) is 12.2 Å². The average molecular weight is 280 g/mol. The van der Waals surface area contributed by atoms with Gasteiger partial charge in [-0.3, -0.25) is 5.32 Å². The SMILES string of the molecule is COC(C)(CN)c1ccccc1NC(=O)OC(C)(C)C. The first-order valence-corrected chi connectivity index (χ1v) is 6.56. The lowest BCUT2D eigenvalue weighted by atomic mass is 9.94. The van der Waals surface area contributed by atoms with Crippen LogP contribution < -0.4 is 11.1 Å². The number of hydrogen-bond acceptors (Lipinski definition) is 4. The second-order valence-electron chi connectivity index (χ2n) is 5.81. The van der Waals surface area contributed by atoms with E-state index in [2.05, 4.69) is 5.32 Å². The molecule has 0 bridgehead atoms. The van der Waals surface area contributed by atoms with Gasteiger partial charge in [-0.15, -0.1) is 0 Å². The highest BCUT2D eigenvalue weighted by Gasteiger charge is 2.28. The van der Waals surface area contributed by atoms with E-state index in [1.165, 1.54) is 0 Å². The standard InChI is InChI=1S/C15H24N2O3/c1-14(2,3)20-13(18)17-12-9-7-6-8-11(12)15(4,10-16)19-5/h6-9H,10,16H2,1-5H3,(H,17,18). The Morgan fingerprint density at radius 1 is 1.25 bits per heavy atom. The molecule has 1 aromatic carbocycles. The summed E-state index contributed by atoms with van der Waals surface area (Å²) < 4.78 is 10.7. The number of nitrogens with two attached hydrogens (primary N) is 1. The van der Waals surface area contributed by atoms with Crippen molar-refractivity contribution in [1.29, 1.82) is 0 Å². The van der Waals surface area contributed by atoms with Crippen LogP contribution in [-0.4, -0.2) is 25.3 Å². The van der Waals surface area contributed by atoms with Crippen molar-refractivity contribution < 1.29 is 14.3 Å². The molecule has 1 atom stereocenters. The molecule has 112 valence electrons. The first-order valence-electron chi connectivity index (χ1n) is 6.56. The topological polar surface area (TPSA) is 73.6 Å². The Morgan fingerprint density at radius 3 is 2.35 bits per heavy atom. The maximum atomic E-state index is 11.9. The van der Waals surface area contributed by atoms with Gasteiger partial charge in [0.1, 0.15) is 11.2 Å². The van der Waals surface area contributed by atoms with Crippen LogP contribution in [0, 0.1) is 0 Å². The Morgan fingerprint density at radius 2 is 1.85 bits per heavy atom. The fourth-order valence-electron chi connectivity index (χ4n) is 1.77. The third kappa shape index (κ3) is 4.21. The normalized spacial score (nSPS) is 14.5. The lowest BCUT2D eigenvalue weighted by Gasteiger charge is -2.29. The molecule has 1 unspecified atom stereocenters. The van der Waals surface area contributed by atoms with Crippen molar-refractivity contribution >= 4 is 11.8 Å². The van der Waals surface area contributed by atoms with E-state index >= 15 is 0 Å². The summed E-state index contributed by atoms with van der Waals surface area (Å²) in [6.07, 6.45) is -0.500. The summed E-state index contributed by atoms with van der Waals surface area (Å²) in [5, 5.41) is 2.74. The summed E-state index contributed by atoms with van der Waals surface area (Å²) in [7, 11) is 1.59. The van der Waals surface area contributed by atoms with Crippen LogP contribution in [0.2, 0.25) is 0 Å². The van der Waals surface area contributed by atoms with Gasteiger partial charge >= 0.3 is 6.09 Å². The van der Waals surface area contributed by atoms with Gasteiger partial charge < -0.3 is 15.2 Å². The molecule has 5 heteroatoms. The molecular weight excluding hydrogens is 256 g/mol. The summed E-state index contributed by atoms with van der Waals surface area (Å²) in [6.45, 7) is 7.63. The van der Waals surface area contributed by atoms with Crippen LogP contribution in [0.15, 0.2) is 24.3 Å². The van der Waals surface area contributed by atoms with Gasteiger partial charge in [0.05, 0.1) is 5.69 Å². The van der Waals surface area contributed by atoms with Gasteiger partial charge in [-0.2, -0.15) is 0 Å². The van der Waals surface area contributed by atoms with Crippen molar-refractivity contribution in [2.75, 3.05) is 19.0 Å². The van der Waals surface area contributed by atoms with Gasteiger partial charge in [-0.05, 0) is 33.8 Å². The molecule has 1 amide bonds. The molecule has 0 aliphatic carbocycles. The number of carbonyl (C=O) groups excluding carboxylic acids is 1. The number of rotatable bonds is 4. The number of benzene rings is 1. The van der Waals surface area contributed by atoms with Crippen molar-refractivity contribution in [2.24, 2.45) is 5.73 Å². The minimum Gasteiger partial charge on any atom is -0.444 e. The molecule has 0 aliphatic rings. The van der Waals surface area contributed by atoms with Crippen LogP contribution in [0.3, 0.4) is 0 Å². The van der Waals surface area contributed by atoms with E-state index in [1.54, 1.807) is 13.2 Å². The Labute approximate surface area is 120 Å². The summed E-state index contributed by atoms with van der Waals surface area (Å²) in [6, 6.07) is 7.39. The molecule has 0 fully saturated rings. The Hall–Kier alpha value is -1.59. The van der Waals surface area contributed by atoms with Crippen molar-refractivity contribution in [3.63, 3.8) is 0 Å². The molecule has 0 aromatic heterocycles. The lowest BCUT2D eigenvalue weighted by Crippen LogP contribution is -2.35. The molecule has 0 saturated heterocycles. The van der Waals surface area contributed by atoms with E-state index in [-0.39, 0.29) is 0 Å². The second-order valence-corrected chi connectivity index (χ2v) is 5.81. The minimum absolute atomic E-state index is 0.302. The predicted octanol–water partition coefficient (Wildman–Crippen LogP) is 2.85. The maximum absolute atomic E-state index is 11.9. The van der Waals surface area contributed by atoms with Gasteiger partial charge in [0.25, 0.3) is 0 Å². The van der Waals surface area contributed by atoms with Crippen LogP contribution >= 0.6 is 0 Å². The first kappa shape index (κ1) is 16.5. The van der Waals surface area contributed by atoms with Gasteiger partial charge in [0.2, 0.25) is 0 Å². The van der Waals surface area contributed by atoms with Crippen molar-refractivity contribution in [2.45, 2.75) is 38.9 Å². The summed E-state index contributed by atoms with van der Waals surface area (Å²) >= 11 is 0. The fraction of sp³-hybridized carbons (Fsp3) is 0.533. The lowest BCUT2D eigenvalue weighted by molar-refractivity contribution is 0.0106. The molecule has 1 aromatic rings. The number of nitrogens with one attached hydrogen (secondary N) is 1. The number of anilines is 1. The zero-order valence-electron chi connectivity index (χ0n) is 12.8. The van der Waals surface area contributed by atoms with Crippen LogP contribution in [0.4, 0.5) is 10.5 Å². The zero-order chi connectivity index (χ0) is 15.4. The molecule has 0 spiro atoms. The molecule has 0 radical (unpaired) electrons. The summed E-state index contributed by atoms with van der Waals surface area (Å²) in [5.74, 6) is 0. The number of carbonyl (C=O) groups is 1. The Bertz CT molecular complexity index is 462. The number of methoxy groups -OCH3 is 1. The molecule has 1 rings (SSSR count). The van der Waals surface area contributed by atoms with Crippen LogP contribution in [0.25, 0.3) is 0 Å². The number of hydrogen-bond donors (Lipinski definition) is 2. The number of ether oxygens (including phenoxy) is 2. The van der Waals surface area contributed by atoms with Crippen LogP contribution in [-0.2, 0) is 15.1 Å². The molecule has 0 heterocycles. The van der Waals surface area contributed by atoms with Crippen LogP contribution in [0.1, 0.15) is 33.3 Å². The smallest absolute Gasteiger partial charge is 0.412 e. The average Bonchev–Trinajstić information content (AvgIpc) is 2.36. The second kappa shape index (κ2) is 6.24. The van der Waals surface area contributed by atoms with Crippen molar-refractivity contribution in [1.82, 2.24) is 0 Å². The van der Waals surface area contributed by atoms with Crippen molar-refractivity contribution in [3.8, 4) is 0 Å². The maximum Gasteiger partial charge on any atom is 0.412 e. The Balaban J connectivity index is 3.00. The first-order chi connectivity index (χ1) is 9.22. The molecule has 5 nitrogen and oxygen atoms in total. The van der Waals surface area contributed by atoms with Gasteiger partial charge in [0, 0.05) is 19.2 Å². The van der Waals surface area contributed by atoms with Gasteiger partial charge in [0.15, 0.2) is 0 Å². The van der Waals surface area contributed by atoms with E-state index in [0.717, 1.165) is 5.56 Å². The third-order valence-electron chi connectivity index (χ3n) is 2.97. The number of para-hydroxylation sites is 1.